The summed E-state index contributed by atoms with van der Waals surface area (Å²) in [5, 5.41) is 2.38. The Labute approximate surface area is 135 Å². The summed E-state index contributed by atoms with van der Waals surface area (Å²) in [4.78, 5) is 1.50. The summed E-state index contributed by atoms with van der Waals surface area (Å²) in [6, 6.07) is 23.0. The third-order valence-corrected chi connectivity index (χ3v) is 6.43. The third kappa shape index (κ3) is 3.51. The van der Waals surface area contributed by atoms with E-state index >= 15 is 0 Å². The van der Waals surface area contributed by atoms with Crippen LogP contribution in [0.25, 0.3) is 10.8 Å². The van der Waals surface area contributed by atoms with Crippen molar-refractivity contribution in [1.82, 2.24) is 0 Å². The first-order chi connectivity index (χ1) is 10.6. The molecule has 0 aromatic heterocycles. The number of thioether (sulfide) groups is 1. The standard InChI is InChI=1S/C18H16O2S2/c19-22(20,18-8-2-1-3-9-18)13-12-21-17-11-10-15-6-4-5-7-16(15)14-17/h1-11,14H,12-13H2. The molecule has 0 aliphatic heterocycles. The lowest BCUT2D eigenvalue weighted by molar-refractivity contribution is 0.597. The molecule has 0 amide bonds. The largest absolute Gasteiger partial charge is 0.224 e. The minimum absolute atomic E-state index is 0.147. The number of sulfone groups is 1. The molecule has 0 saturated heterocycles. The molecule has 0 fully saturated rings. The van der Waals surface area contributed by atoms with Gasteiger partial charge in [0, 0.05) is 10.6 Å². The van der Waals surface area contributed by atoms with E-state index in [1.807, 2.05) is 24.3 Å². The first-order valence-corrected chi connectivity index (χ1v) is 9.68. The van der Waals surface area contributed by atoms with Crippen LogP contribution in [0.3, 0.4) is 0 Å². The molecule has 3 rings (SSSR count). The minimum atomic E-state index is -3.19. The van der Waals surface area contributed by atoms with Crippen molar-refractivity contribution in [3.05, 3.63) is 72.8 Å². The fourth-order valence-electron chi connectivity index (χ4n) is 2.27. The van der Waals surface area contributed by atoms with Crippen LogP contribution in [0.2, 0.25) is 0 Å². The van der Waals surface area contributed by atoms with Crippen LogP contribution in [-0.2, 0) is 9.84 Å². The smallest absolute Gasteiger partial charge is 0.179 e. The summed E-state index contributed by atoms with van der Waals surface area (Å²) in [6.07, 6.45) is 0. The van der Waals surface area contributed by atoms with E-state index in [1.165, 1.54) is 10.8 Å². The highest BCUT2D eigenvalue weighted by molar-refractivity contribution is 8.00. The Kier molecular flexibility index (Phi) is 4.50. The zero-order chi connectivity index (χ0) is 15.4. The normalized spacial score (nSPS) is 11.6. The number of hydrogen-bond donors (Lipinski definition) is 0. The average molecular weight is 328 g/mol. The lowest BCUT2D eigenvalue weighted by atomic mass is 10.1. The van der Waals surface area contributed by atoms with Gasteiger partial charge in [0.05, 0.1) is 10.6 Å². The number of benzene rings is 3. The summed E-state index contributed by atoms with van der Waals surface area (Å²) >= 11 is 1.58. The highest BCUT2D eigenvalue weighted by atomic mass is 32.2. The van der Waals surface area contributed by atoms with Gasteiger partial charge in [-0.25, -0.2) is 8.42 Å². The van der Waals surface area contributed by atoms with Crippen molar-refractivity contribution in [2.24, 2.45) is 0 Å². The average Bonchev–Trinajstić information content (AvgIpc) is 2.55. The van der Waals surface area contributed by atoms with Crippen molar-refractivity contribution >= 4 is 32.4 Å². The molecule has 22 heavy (non-hydrogen) atoms. The summed E-state index contributed by atoms with van der Waals surface area (Å²) < 4.78 is 24.4. The zero-order valence-corrected chi connectivity index (χ0v) is 13.6. The number of fused-ring (bicyclic) bond motifs is 1. The van der Waals surface area contributed by atoms with Crippen LogP contribution in [-0.4, -0.2) is 19.9 Å². The summed E-state index contributed by atoms with van der Waals surface area (Å²) in [5.74, 6) is 0.698. The fourth-order valence-corrected chi connectivity index (χ4v) is 4.90. The van der Waals surface area contributed by atoms with Gasteiger partial charge in [0.2, 0.25) is 0 Å². The molecule has 4 heteroatoms. The molecule has 2 nitrogen and oxygen atoms in total. The van der Waals surface area contributed by atoms with Crippen molar-refractivity contribution in [1.29, 1.82) is 0 Å². The van der Waals surface area contributed by atoms with Crippen molar-refractivity contribution in [3.8, 4) is 0 Å². The van der Waals surface area contributed by atoms with Gasteiger partial charge in [0.1, 0.15) is 0 Å². The van der Waals surface area contributed by atoms with Gasteiger partial charge >= 0.3 is 0 Å². The van der Waals surface area contributed by atoms with Gasteiger partial charge in [-0.15, -0.1) is 11.8 Å². The number of rotatable bonds is 5. The molecule has 0 unspecified atom stereocenters. The first kappa shape index (κ1) is 15.1. The topological polar surface area (TPSA) is 34.1 Å². The monoisotopic (exact) mass is 328 g/mol. The molecule has 3 aromatic rings. The first-order valence-electron chi connectivity index (χ1n) is 7.04. The molecule has 3 aromatic carbocycles. The highest BCUT2D eigenvalue weighted by Crippen LogP contribution is 2.24. The number of hydrogen-bond acceptors (Lipinski definition) is 3. The second-order valence-electron chi connectivity index (χ2n) is 4.99. The van der Waals surface area contributed by atoms with Gasteiger partial charge in [-0.3, -0.25) is 0 Å². The molecular weight excluding hydrogens is 312 g/mol. The highest BCUT2D eigenvalue weighted by Gasteiger charge is 2.13. The van der Waals surface area contributed by atoms with E-state index in [4.69, 9.17) is 0 Å². The Morgan fingerprint density at radius 2 is 1.45 bits per heavy atom. The van der Waals surface area contributed by atoms with Gasteiger partial charge in [-0.05, 0) is 35.0 Å². The molecule has 0 heterocycles. The van der Waals surface area contributed by atoms with Crippen LogP contribution in [0, 0.1) is 0 Å². The van der Waals surface area contributed by atoms with Crippen molar-refractivity contribution < 1.29 is 8.42 Å². The van der Waals surface area contributed by atoms with Crippen molar-refractivity contribution in [2.75, 3.05) is 11.5 Å². The molecule has 0 N–H and O–H groups in total. The van der Waals surface area contributed by atoms with Crippen LogP contribution in [0.1, 0.15) is 0 Å². The maximum atomic E-state index is 12.2. The van der Waals surface area contributed by atoms with Gasteiger partial charge in [0.25, 0.3) is 0 Å². The quantitative estimate of drug-likeness (QED) is 0.651. The second-order valence-corrected chi connectivity index (χ2v) is 8.27. The zero-order valence-electron chi connectivity index (χ0n) is 12.0. The second kappa shape index (κ2) is 6.55. The van der Waals surface area contributed by atoms with E-state index in [0.29, 0.717) is 10.6 Å². The Hall–Kier alpha value is -1.78. The van der Waals surface area contributed by atoms with E-state index in [-0.39, 0.29) is 5.75 Å². The summed E-state index contributed by atoms with van der Waals surface area (Å²) in [6.45, 7) is 0. The molecule has 0 atom stereocenters. The Bertz CT molecular complexity index is 872. The maximum absolute atomic E-state index is 12.2. The van der Waals surface area contributed by atoms with E-state index < -0.39 is 9.84 Å². The third-order valence-electron chi connectivity index (χ3n) is 3.44. The van der Waals surface area contributed by atoms with Crippen LogP contribution in [0.15, 0.2) is 82.6 Å². The molecule has 0 radical (unpaired) electrons. The molecule has 0 aliphatic carbocycles. The van der Waals surface area contributed by atoms with Gasteiger partial charge in [-0.1, -0.05) is 48.5 Å². The van der Waals surface area contributed by atoms with Crippen molar-refractivity contribution in [2.45, 2.75) is 9.79 Å². The molecule has 0 spiro atoms. The summed E-state index contributed by atoms with van der Waals surface area (Å²) in [5.41, 5.74) is 0. The van der Waals surface area contributed by atoms with Crippen LogP contribution in [0.5, 0.6) is 0 Å². The molecule has 0 aliphatic rings. The lowest BCUT2D eigenvalue weighted by Crippen LogP contribution is -2.08. The maximum Gasteiger partial charge on any atom is 0.179 e. The predicted molar refractivity (Wildman–Crippen MR) is 93.2 cm³/mol. The Balaban J connectivity index is 1.67. The summed E-state index contributed by atoms with van der Waals surface area (Å²) in [7, 11) is -3.19. The molecule has 0 bridgehead atoms. The minimum Gasteiger partial charge on any atom is -0.224 e. The van der Waals surface area contributed by atoms with E-state index in [9.17, 15) is 8.42 Å². The molecular formula is C18H16O2S2. The fraction of sp³-hybridized carbons (Fsp3) is 0.111. The lowest BCUT2D eigenvalue weighted by Gasteiger charge is -2.05. The van der Waals surface area contributed by atoms with E-state index in [0.717, 1.165) is 4.90 Å². The molecule has 0 saturated carbocycles. The Morgan fingerprint density at radius 1 is 0.773 bits per heavy atom. The van der Waals surface area contributed by atoms with E-state index in [1.54, 1.807) is 36.0 Å². The van der Waals surface area contributed by atoms with Gasteiger partial charge in [0.15, 0.2) is 9.84 Å². The molecule has 112 valence electrons. The van der Waals surface area contributed by atoms with Crippen LogP contribution < -0.4 is 0 Å². The SMILES string of the molecule is O=S(=O)(CCSc1ccc2ccccc2c1)c1ccccc1. The van der Waals surface area contributed by atoms with Gasteiger partial charge in [-0.2, -0.15) is 0 Å². The van der Waals surface area contributed by atoms with Gasteiger partial charge < -0.3 is 0 Å². The predicted octanol–water partition coefficient (Wildman–Crippen LogP) is 4.41. The van der Waals surface area contributed by atoms with E-state index in [2.05, 4.69) is 24.3 Å². The van der Waals surface area contributed by atoms with Crippen LogP contribution in [0.4, 0.5) is 0 Å². The van der Waals surface area contributed by atoms with Crippen molar-refractivity contribution in [3.63, 3.8) is 0 Å². The van der Waals surface area contributed by atoms with Crippen LogP contribution >= 0.6 is 11.8 Å². The Morgan fingerprint density at radius 3 is 2.23 bits per heavy atom.